The molecule has 2 rings (SSSR count). The lowest BCUT2D eigenvalue weighted by Gasteiger charge is -2.08. The molecular formula is C14H19ClN4. The molecule has 1 heterocycles. The second-order valence-electron chi connectivity index (χ2n) is 4.54. The molecule has 0 spiro atoms. The summed E-state index contributed by atoms with van der Waals surface area (Å²) in [6, 6.07) is 7.81. The molecular weight excluding hydrogens is 260 g/mol. The molecule has 0 unspecified atom stereocenters. The number of nitrogens with zero attached hydrogens (tertiary/aromatic N) is 3. The molecule has 0 fully saturated rings. The predicted octanol–water partition coefficient (Wildman–Crippen LogP) is 2.78. The summed E-state index contributed by atoms with van der Waals surface area (Å²) in [7, 11) is 0. The van der Waals surface area contributed by atoms with Crippen molar-refractivity contribution in [3.05, 3.63) is 46.2 Å². The molecule has 102 valence electrons. The van der Waals surface area contributed by atoms with Crippen LogP contribution in [0.1, 0.15) is 36.7 Å². The van der Waals surface area contributed by atoms with E-state index in [2.05, 4.69) is 17.2 Å². The van der Waals surface area contributed by atoms with Crippen molar-refractivity contribution in [1.82, 2.24) is 15.0 Å². The molecule has 4 nitrogen and oxygen atoms in total. The van der Waals surface area contributed by atoms with E-state index < -0.39 is 0 Å². The zero-order valence-electron chi connectivity index (χ0n) is 11.1. The van der Waals surface area contributed by atoms with Crippen molar-refractivity contribution >= 4 is 11.6 Å². The highest BCUT2D eigenvalue weighted by Gasteiger charge is 2.12. The van der Waals surface area contributed by atoms with E-state index in [1.165, 1.54) is 0 Å². The van der Waals surface area contributed by atoms with Crippen molar-refractivity contribution in [1.29, 1.82) is 0 Å². The molecule has 0 bridgehead atoms. The Morgan fingerprint density at radius 3 is 2.79 bits per heavy atom. The topological polar surface area (TPSA) is 56.7 Å². The molecule has 2 aromatic rings. The number of rotatable bonds is 6. The lowest BCUT2D eigenvalue weighted by atomic mass is 10.1. The third-order valence-electron chi connectivity index (χ3n) is 3.16. The summed E-state index contributed by atoms with van der Waals surface area (Å²) in [6.07, 6.45) is 3.21. The van der Waals surface area contributed by atoms with E-state index >= 15 is 0 Å². The third kappa shape index (κ3) is 3.33. The fourth-order valence-electron chi connectivity index (χ4n) is 2.06. The molecule has 1 aromatic carbocycles. The fraction of sp³-hybridized carbons (Fsp3) is 0.429. The Balaban J connectivity index is 2.24. The number of nitrogens with two attached hydrogens (primary N) is 1. The maximum absolute atomic E-state index is 6.19. The average Bonchev–Trinajstić information content (AvgIpc) is 2.81. The van der Waals surface area contributed by atoms with E-state index in [1.54, 1.807) is 0 Å². The van der Waals surface area contributed by atoms with Crippen LogP contribution in [0.4, 0.5) is 0 Å². The Morgan fingerprint density at radius 2 is 2.11 bits per heavy atom. The van der Waals surface area contributed by atoms with Crippen LogP contribution in [0.3, 0.4) is 0 Å². The number of hydrogen-bond acceptors (Lipinski definition) is 3. The van der Waals surface area contributed by atoms with Gasteiger partial charge in [0.2, 0.25) is 0 Å². The monoisotopic (exact) mass is 278 g/mol. The van der Waals surface area contributed by atoms with Crippen LogP contribution in [-0.2, 0) is 19.5 Å². The normalized spacial score (nSPS) is 10.9. The van der Waals surface area contributed by atoms with Crippen LogP contribution < -0.4 is 5.73 Å². The molecule has 0 aliphatic carbocycles. The first-order chi connectivity index (χ1) is 9.26. The van der Waals surface area contributed by atoms with Gasteiger partial charge in [-0.1, -0.05) is 48.4 Å². The average molecular weight is 279 g/mol. The number of aromatic nitrogens is 3. The van der Waals surface area contributed by atoms with Gasteiger partial charge < -0.3 is 5.73 Å². The van der Waals surface area contributed by atoms with Crippen molar-refractivity contribution in [2.24, 2.45) is 5.73 Å². The second kappa shape index (κ2) is 6.68. The number of hydrogen-bond donors (Lipinski definition) is 1. The highest BCUT2D eigenvalue weighted by molar-refractivity contribution is 6.31. The first-order valence-electron chi connectivity index (χ1n) is 6.61. The van der Waals surface area contributed by atoms with Gasteiger partial charge in [-0.05, 0) is 24.5 Å². The first-order valence-corrected chi connectivity index (χ1v) is 6.98. The molecule has 0 amide bonds. The SMILES string of the molecule is CCCCc1c(CN)nnn1Cc1ccccc1Cl. The molecule has 0 saturated carbocycles. The van der Waals surface area contributed by atoms with Crippen molar-refractivity contribution in [2.75, 3.05) is 0 Å². The van der Waals surface area contributed by atoms with Crippen LogP contribution in [0.15, 0.2) is 24.3 Å². The van der Waals surface area contributed by atoms with Crippen LogP contribution in [-0.4, -0.2) is 15.0 Å². The molecule has 0 radical (unpaired) electrons. The standard InChI is InChI=1S/C14H19ClN4/c1-2-3-8-14-13(9-16)17-18-19(14)10-11-6-4-5-7-12(11)15/h4-7H,2-3,8-10,16H2,1H3. The Labute approximate surface area is 118 Å². The maximum Gasteiger partial charge on any atom is 0.0994 e. The van der Waals surface area contributed by atoms with E-state index in [0.29, 0.717) is 13.1 Å². The number of benzene rings is 1. The van der Waals surface area contributed by atoms with Gasteiger partial charge in [0.25, 0.3) is 0 Å². The summed E-state index contributed by atoms with van der Waals surface area (Å²) < 4.78 is 1.92. The zero-order valence-corrected chi connectivity index (χ0v) is 11.9. The van der Waals surface area contributed by atoms with E-state index in [1.807, 2.05) is 28.9 Å². The summed E-state index contributed by atoms with van der Waals surface area (Å²) in [5.74, 6) is 0. The Kier molecular flexibility index (Phi) is 4.93. The van der Waals surface area contributed by atoms with E-state index in [4.69, 9.17) is 17.3 Å². The van der Waals surface area contributed by atoms with Gasteiger partial charge in [-0.25, -0.2) is 4.68 Å². The lowest BCUT2D eigenvalue weighted by Crippen LogP contribution is -2.09. The van der Waals surface area contributed by atoms with Crippen LogP contribution in [0.25, 0.3) is 0 Å². The highest BCUT2D eigenvalue weighted by atomic mass is 35.5. The molecule has 2 N–H and O–H groups in total. The van der Waals surface area contributed by atoms with Crippen molar-refractivity contribution in [3.8, 4) is 0 Å². The summed E-state index contributed by atoms with van der Waals surface area (Å²) in [5.41, 5.74) is 8.79. The van der Waals surface area contributed by atoms with Crippen molar-refractivity contribution in [2.45, 2.75) is 39.3 Å². The molecule has 1 aromatic heterocycles. The first kappa shape index (κ1) is 14.0. The maximum atomic E-state index is 6.19. The minimum absolute atomic E-state index is 0.432. The van der Waals surface area contributed by atoms with E-state index in [0.717, 1.165) is 41.2 Å². The van der Waals surface area contributed by atoms with E-state index in [9.17, 15) is 0 Å². The zero-order chi connectivity index (χ0) is 13.7. The van der Waals surface area contributed by atoms with Gasteiger partial charge in [0.1, 0.15) is 0 Å². The summed E-state index contributed by atoms with van der Waals surface area (Å²) in [6.45, 7) is 3.25. The van der Waals surface area contributed by atoms with Gasteiger partial charge in [0.05, 0.1) is 17.9 Å². The minimum Gasteiger partial charge on any atom is -0.325 e. The fourth-order valence-corrected chi connectivity index (χ4v) is 2.26. The largest absolute Gasteiger partial charge is 0.325 e. The molecule has 0 aliphatic rings. The van der Waals surface area contributed by atoms with Gasteiger partial charge in [0.15, 0.2) is 0 Å². The Morgan fingerprint density at radius 1 is 1.32 bits per heavy atom. The summed E-state index contributed by atoms with van der Waals surface area (Å²) in [5, 5.41) is 9.12. The summed E-state index contributed by atoms with van der Waals surface area (Å²) in [4.78, 5) is 0. The highest BCUT2D eigenvalue weighted by Crippen LogP contribution is 2.18. The lowest BCUT2D eigenvalue weighted by molar-refractivity contribution is 0.606. The quantitative estimate of drug-likeness (QED) is 0.884. The molecule has 0 atom stereocenters. The van der Waals surface area contributed by atoms with Crippen LogP contribution in [0, 0.1) is 0 Å². The molecule has 19 heavy (non-hydrogen) atoms. The predicted molar refractivity (Wildman–Crippen MR) is 77.1 cm³/mol. The van der Waals surface area contributed by atoms with E-state index in [-0.39, 0.29) is 0 Å². The van der Waals surface area contributed by atoms with Crippen LogP contribution in [0.2, 0.25) is 5.02 Å². The number of unbranched alkanes of at least 4 members (excludes halogenated alkanes) is 1. The second-order valence-corrected chi connectivity index (χ2v) is 4.95. The molecule has 5 heteroatoms. The Hall–Kier alpha value is -1.39. The Bertz CT molecular complexity index is 536. The molecule has 0 saturated heterocycles. The smallest absolute Gasteiger partial charge is 0.0994 e. The summed E-state index contributed by atoms with van der Waals surface area (Å²) >= 11 is 6.19. The van der Waals surface area contributed by atoms with Gasteiger partial charge >= 0.3 is 0 Å². The molecule has 0 aliphatic heterocycles. The minimum atomic E-state index is 0.432. The van der Waals surface area contributed by atoms with Gasteiger partial charge in [-0.15, -0.1) is 5.10 Å². The van der Waals surface area contributed by atoms with Gasteiger partial charge in [-0.3, -0.25) is 0 Å². The van der Waals surface area contributed by atoms with Crippen molar-refractivity contribution < 1.29 is 0 Å². The van der Waals surface area contributed by atoms with Gasteiger partial charge in [0, 0.05) is 11.6 Å². The van der Waals surface area contributed by atoms with Gasteiger partial charge in [-0.2, -0.15) is 0 Å². The van der Waals surface area contributed by atoms with Crippen LogP contribution >= 0.6 is 11.6 Å². The van der Waals surface area contributed by atoms with Crippen molar-refractivity contribution in [3.63, 3.8) is 0 Å². The third-order valence-corrected chi connectivity index (χ3v) is 3.53. The van der Waals surface area contributed by atoms with Crippen LogP contribution in [0.5, 0.6) is 0 Å². The number of halogens is 1.